The molecule has 0 radical (unpaired) electrons. The third-order valence-corrected chi connectivity index (χ3v) is 2.39. The molecule has 0 spiro atoms. The molecule has 1 heterocycles. The number of methoxy groups -OCH3 is 1. The van der Waals surface area contributed by atoms with Crippen LogP contribution in [0.15, 0.2) is 16.7 Å². The fourth-order valence-electron chi connectivity index (χ4n) is 1.21. The van der Waals surface area contributed by atoms with Crippen LogP contribution in [-0.2, 0) is 6.42 Å². The summed E-state index contributed by atoms with van der Waals surface area (Å²) >= 11 is 3.38. The Morgan fingerprint density at radius 2 is 2.36 bits per heavy atom. The van der Waals surface area contributed by atoms with Crippen LogP contribution in [0.4, 0.5) is 0 Å². The van der Waals surface area contributed by atoms with Crippen molar-refractivity contribution in [3.63, 3.8) is 0 Å². The molecule has 78 valence electrons. The Hall–Kier alpha value is -0.610. The van der Waals surface area contributed by atoms with Gasteiger partial charge in [0.25, 0.3) is 0 Å². The van der Waals surface area contributed by atoms with Crippen LogP contribution in [0, 0.1) is 0 Å². The first-order chi connectivity index (χ1) is 6.63. The first kappa shape index (κ1) is 11.5. The number of nitrogens with two attached hydrogens (primary N) is 1. The van der Waals surface area contributed by atoms with E-state index in [1.54, 1.807) is 13.3 Å². The number of hydrogen-bond acceptors (Lipinski definition) is 3. The van der Waals surface area contributed by atoms with Gasteiger partial charge in [-0.3, -0.25) is 0 Å². The minimum atomic E-state index is 0.207. The minimum Gasteiger partial charge on any atom is -0.481 e. The zero-order valence-corrected chi connectivity index (χ0v) is 10.0. The van der Waals surface area contributed by atoms with E-state index < -0.39 is 0 Å². The second kappa shape index (κ2) is 5.32. The van der Waals surface area contributed by atoms with E-state index in [2.05, 4.69) is 20.9 Å². The van der Waals surface area contributed by atoms with Crippen molar-refractivity contribution in [3.8, 4) is 5.88 Å². The lowest BCUT2D eigenvalue weighted by atomic mass is 10.1. The van der Waals surface area contributed by atoms with Crippen molar-refractivity contribution in [2.24, 2.45) is 5.73 Å². The number of hydrogen-bond donors (Lipinski definition) is 1. The van der Waals surface area contributed by atoms with Crippen LogP contribution in [0.25, 0.3) is 0 Å². The first-order valence-corrected chi connectivity index (χ1v) is 5.36. The van der Waals surface area contributed by atoms with Crippen LogP contribution in [0.1, 0.15) is 18.9 Å². The van der Waals surface area contributed by atoms with Gasteiger partial charge in [0, 0.05) is 22.3 Å². The molecule has 0 bridgehead atoms. The van der Waals surface area contributed by atoms with Gasteiger partial charge < -0.3 is 10.5 Å². The van der Waals surface area contributed by atoms with Crippen molar-refractivity contribution >= 4 is 15.9 Å². The van der Waals surface area contributed by atoms with E-state index in [9.17, 15) is 0 Å². The maximum Gasteiger partial charge on any atom is 0.216 e. The topological polar surface area (TPSA) is 48.1 Å². The van der Waals surface area contributed by atoms with Crippen LogP contribution in [0.3, 0.4) is 0 Å². The van der Waals surface area contributed by atoms with Gasteiger partial charge in [0.1, 0.15) is 0 Å². The molecule has 1 unspecified atom stereocenters. The van der Waals surface area contributed by atoms with E-state index in [4.69, 9.17) is 10.5 Å². The zero-order chi connectivity index (χ0) is 10.6. The largest absolute Gasteiger partial charge is 0.481 e. The van der Waals surface area contributed by atoms with Gasteiger partial charge in [0.2, 0.25) is 5.88 Å². The third-order valence-electron chi connectivity index (χ3n) is 1.95. The van der Waals surface area contributed by atoms with Crippen molar-refractivity contribution in [3.05, 3.63) is 22.3 Å². The first-order valence-electron chi connectivity index (χ1n) is 4.57. The highest BCUT2D eigenvalue weighted by molar-refractivity contribution is 9.10. The van der Waals surface area contributed by atoms with Crippen LogP contribution >= 0.6 is 15.9 Å². The maximum atomic E-state index is 5.70. The number of aryl methyl sites for hydroxylation is 1. The van der Waals surface area contributed by atoms with Gasteiger partial charge in [-0.1, -0.05) is 0 Å². The van der Waals surface area contributed by atoms with Gasteiger partial charge in [-0.15, -0.1) is 0 Å². The lowest BCUT2D eigenvalue weighted by Crippen LogP contribution is -2.15. The number of halogens is 1. The quantitative estimate of drug-likeness (QED) is 0.901. The van der Waals surface area contributed by atoms with E-state index in [1.165, 1.54) is 0 Å². The predicted octanol–water partition coefficient (Wildman–Crippen LogP) is 2.13. The summed E-state index contributed by atoms with van der Waals surface area (Å²) in [6.07, 6.45) is 3.57. The summed E-state index contributed by atoms with van der Waals surface area (Å²) in [5.74, 6) is 0.689. The molecule has 0 saturated heterocycles. The molecule has 0 amide bonds. The van der Waals surface area contributed by atoms with Gasteiger partial charge >= 0.3 is 0 Å². The maximum absolute atomic E-state index is 5.70. The highest BCUT2D eigenvalue weighted by Gasteiger charge is 2.06. The van der Waals surface area contributed by atoms with E-state index in [-0.39, 0.29) is 6.04 Å². The molecule has 1 atom stereocenters. The SMILES string of the molecule is COc1ncc(Br)cc1CCC(C)N. The molecular weight excluding hydrogens is 244 g/mol. The molecule has 0 aromatic carbocycles. The minimum absolute atomic E-state index is 0.207. The molecular formula is C10H15BrN2O. The molecule has 0 aliphatic heterocycles. The van der Waals surface area contributed by atoms with E-state index in [0.29, 0.717) is 5.88 Å². The fourth-order valence-corrected chi connectivity index (χ4v) is 1.59. The van der Waals surface area contributed by atoms with Crippen molar-refractivity contribution in [1.82, 2.24) is 4.98 Å². The summed E-state index contributed by atoms with van der Waals surface area (Å²) in [5, 5.41) is 0. The normalized spacial score (nSPS) is 12.6. The Kier molecular flexibility index (Phi) is 4.35. The summed E-state index contributed by atoms with van der Waals surface area (Å²) in [6.45, 7) is 2.00. The van der Waals surface area contributed by atoms with Gasteiger partial charge in [-0.05, 0) is 41.8 Å². The molecule has 4 heteroatoms. The van der Waals surface area contributed by atoms with Crippen molar-refractivity contribution in [2.45, 2.75) is 25.8 Å². The van der Waals surface area contributed by atoms with Gasteiger partial charge in [-0.25, -0.2) is 4.98 Å². The Labute approximate surface area is 92.8 Å². The fraction of sp³-hybridized carbons (Fsp3) is 0.500. The zero-order valence-electron chi connectivity index (χ0n) is 8.46. The Morgan fingerprint density at radius 1 is 1.64 bits per heavy atom. The summed E-state index contributed by atoms with van der Waals surface area (Å²) in [4.78, 5) is 4.16. The smallest absolute Gasteiger partial charge is 0.216 e. The Morgan fingerprint density at radius 3 is 2.93 bits per heavy atom. The Bertz CT molecular complexity index is 302. The predicted molar refractivity (Wildman–Crippen MR) is 60.5 cm³/mol. The average molecular weight is 259 g/mol. The second-order valence-corrected chi connectivity index (χ2v) is 4.25. The van der Waals surface area contributed by atoms with Gasteiger partial charge in [0.05, 0.1) is 7.11 Å². The summed E-state index contributed by atoms with van der Waals surface area (Å²) < 4.78 is 6.13. The molecule has 1 rings (SSSR count). The molecule has 1 aromatic rings. The van der Waals surface area contributed by atoms with Crippen molar-refractivity contribution < 1.29 is 4.74 Å². The van der Waals surface area contributed by atoms with Crippen LogP contribution < -0.4 is 10.5 Å². The number of pyridine rings is 1. The molecule has 0 saturated carbocycles. The van der Waals surface area contributed by atoms with Crippen LogP contribution in [0.5, 0.6) is 5.88 Å². The van der Waals surface area contributed by atoms with Crippen molar-refractivity contribution in [1.29, 1.82) is 0 Å². The summed E-state index contributed by atoms with van der Waals surface area (Å²) in [6, 6.07) is 2.23. The number of nitrogens with zero attached hydrogens (tertiary/aromatic N) is 1. The Balaban J connectivity index is 2.77. The van der Waals surface area contributed by atoms with Crippen LogP contribution in [0.2, 0.25) is 0 Å². The number of rotatable bonds is 4. The van der Waals surface area contributed by atoms with Gasteiger partial charge in [0.15, 0.2) is 0 Å². The molecule has 14 heavy (non-hydrogen) atoms. The molecule has 0 aliphatic carbocycles. The molecule has 2 N–H and O–H groups in total. The second-order valence-electron chi connectivity index (χ2n) is 3.34. The highest BCUT2D eigenvalue weighted by Crippen LogP contribution is 2.21. The summed E-state index contributed by atoms with van der Waals surface area (Å²) in [5.41, 5.74) is 6.79. The number of aromatic nitrogens is 1. The third kappa shape index (κ3) is 3.27. The lowest BCUT2D eigenvalue weighted by molar-refractivity contribution is 0.391. The summed E-state index contributed by atoms with van der Waals surface area (Å²) in [7, 11) is 1.63. The molecule has 3 nitrogen and oxygen atoms in total. The monoisotopic (exact) mass is 258 g/mol. The highest BCUT2D eigenvalue weighted by atomic mass is 79.9. The average Bonchev–Trinajstić information content (AvgIpc) is 2.15. The molecule has 0 aliphatic rings. The number of ether oxygens (including phenoxy) is 1. The van der Waals surface area contributed by atoms with E-state index in [0.717, 1.165) is 22.9 Å². The van der Waals surface area contributed by atoms with E-state index >= 15 is 0 Å². The molecule has 1 aromatic heterocycles. The lowest BCUT2D eigenvalue weighted by Gasteiger charge is -2.09. The van der Waals surface area contributed by atoms with E-state index in [1.807, 2.05) is 13.0 Å². The van der Waals surface area contributed by atoms with Crippen LogP contribution in [-0.4, -0.2) is 18.1 Å². The standard InChI is InChI=1S/C10H15BrN2O/c1-7(12)3-4-8-5-9(11)6-13-10(8)14-2/h5-7H,3-4,12H2,1-2H3. The molecule has 0 fully saturated rings. The van der Waals surface area contributed by atoms with Gasteiger partial charge in [-0.2, -0.15) is 0 Å². The van der Waals surface area contributed by atoms with Crippen molar-refractivity contribution in [2.75, 3.05) is 7.11 Å².